The Labute approximate surface area is 255 Å². The van der Waals surface area contributed by atoms with Crippen LogP contribution in [0.2, 0.25) is 0 Å². The number of allylic oxidation sites excluding steroid dienone is 2. The number of nitrogens with zero attached hydrogens (tertiary/aromatic N) is 1. The number of anilines is 1. The number of hydrogen-bond donors (Lipinski definition) is 1. The molecular formula is C34H31BrN2O4S. The van der Waals surface area contributed by atoms with E-state index in [1.54, 1.807) is 30.5 Å². The molecule has 1 heterocycles. The summed E-state index contributed by atoms with van der Waals surface area (Å²) in [4.78, 5) is 4.73. The van der Waals surface area contributed by atoms with Gasteiger partial charge in [-0.15, -0.1) is 0 Å². The van der Waals surface area contributed by atoms with Gasteiger partial charge in [0, 0.05) is 17.8 Å². The highest BCUT2D eigenvalue weighted by Crippen LogP contribution is 2.50. The summed E-state index contributed by atoms with van der Waals surface area (Å²) < 4.78 is 37.1. The molecule has 1 aliphatic heterocycles. The van der Waals surface area contributed by atoms with Crippen molar-refractivity contribution in [3.05, 3.63) is 123 Å². The third-order valence-electron chi connectivity index (χ3n) is 7.89. The maximum Gasteiger partial charge on any atom is 0.339 e. The number of rotatable bonds is 7. The fraction of sp³-hybridized carbons (Fsp3) is 0.206. The first kappa shape index (κ1) is 28.2. The van der Waals surface area contributed by atoms with Crippen molar-refractivity contribution in [1.82, 2.24) is 0 Å². The van der Waals surface area contributed by atoms with E-state index in [2.05, 4.69) is 75.6 Å². The van der Waals surface area contributed by atoms with Gasteiger partial charge < -0.3 is 14.2 Å². The molecule has 42 heavy (non-hydrogen) atoms. The molecule has 0 saturated heterocycles. The Morgan fingerprint density at radius 1 is 0.952 bits per heavy atom. The van der Waals surface area contributed by atoms with Crippen LogP contribution in [-0.2, 0) is 10.1 Å². The summed E-state index contributed by atoms with van der Waals surface area (Å²) in [6, 6.07) is 25.1. The Balaban J connectivity index is 1.20. The largest absolute Gasteiger partial charge is 0.493 e. The van der Waals surface area contributed by atoms with E-state index in [1.165, 1.54) is 41.6 Å². The van der Waals surface area contributed by atoms with Crippen LogP contribution in [-0.4, -0.2) is 21.7 Å². The van der Waals surface area contributed by atoms with Gasteiger partial charge in [0.15, 0.2) is 11.5 Å². The van der Waals surface area contributed by atoms with Crippen molar-refractivity contribution in [1.29, 1.82) is 0 Å². The first-order valence-electron chi connectivity index (χ1n) is 13.8. The van der Waals surface area contributed by atoms with Crippen LogP contribution >= 0.6 is 15.9 Å². The monoisotopic (exact) mass is 642 g/mol. The predicted octanol–water partition coefficient (Wildman–Crippen LogP) is 8.42. The average Bonchev–Trinajstić information content (AvgIpc) is 3.48. The van der Waals surface area contributed by atoms with Gasteiger partial charge in [0.2, 0.25) is 0 Å². The van der Waals surface area contributed by atoms with Crippen LogP contribution in [0.1, 0.15) is 46.2 Å². The highest BCUT2D eigenvalue weighted by molar-refractivity contribution is 9.10. The van der Waals surface area contributed by atoms with E-state index in [0.29, 0.717) is 16.3 Å². The molecule has 0 spiro atoms. The summed E-state index contributed by atoms with van der Waals surface area (Å²) in [5.74, 6) is 1.26. The number of aliphatic imine (C=N–C) groups is 1. The van der Waals surface area contributed by atoms with E-state index in [9.17, 15) is 8.42 Å². The summed E-state index contributed by atoms with van der Waals surface area (Å²) in [7, 11) is -2.58. The van der Waals surface area contributed by atoms with E-state index in [4.69, 9.17) is 8.92 Å². The summed E-state index contributed by atoms with van der Waals surface area (Å²) in [5.41, 5.74) is 7.61. The summed E-state index contributed by atoms with van der Waals surface area (Å²) in [6.45, 7) is 4.04. The number of methoxy groups -OCH3 is 1. The fourth-order valence-corrected chi connectivity index (χ4v) is 7.32. The fourth-order valence-electron chi connectivity index (χ4n) is 5.72. The summed E-state index contributed by atoms with van der Waals surface area (Å²) >= 11 is 3.45. The van der Waals surface area contributed by atoms with Crippen molar-refractivity contribution in [3.8, 4) is 11.5 Å². The second-order valence-electron chi connectivity index (χ2n) is 10.8. The lowest BCUT2D eigenvalue weighted by Gasteiger charge is -2.37. The minimum atomic E-state index is -4.04. The van der Waals surface area contributed by atoms with Crippen LogP contribution in [0.5, 0.6) is 11.5 Å². The highest BCUT2D eigenvalue weighted by atomic mass is 79.9. The van der Waals surface area contributed by atoms with Crippen molar-refractivity contribution >= 4 is 43.6 Å². The summed E-state index contributed by atoms with van der Waals surface area (Å²) in [5, 5.41) is 3.79. The van der Waals surface area contributed by atoms with Crippen molar-refractivity contribution in [2.45, 2.75) is 37.1 Å². The highest BCUT2D eigenvalue weighted by Gasteiger charge is 2.37. The second-order valence-corrected chi connectivity index (χ2v) is 13.2. The molecule has 0 bridgehead atoms. The molecule has 1 N–H and O–H groups in total. The molecule has 2 aliphatic rings. The molecule has 4 aromatic rings. The lowest BCUT2D eigenvalue weighted by atomic mass is 9.76. The van der Waals surface area contributed by atoms with E-state index in [0.717, 1.165) is 23.2 Å². The molecule has 4 aromatic carbocycles. The average molecular weight is 644 g/mol. The topological polar surface area (TPSA) is 77.0 Å². The SMILES string of the molecule is COc1cc(C=Nc2ccc([C@@H]3Nc4ccc(C)cc4[C@@H]4C=CC[C@@H]43)cc2)cc(Br)c1OS(=O)(=O)c1ccc(C)cc1. The third-order valence-corrected chi connectivity index (χ3v) is 9.71. The first-order valence-corrected chi connectivity index (χ1v) is 16.0. The van der Waals surface area contributed by atoms with Gasteiger partial charge in [-0.1, -0.05) is 59.7 Å². The molecule has 0 unspecified atom stereocenters. The zero-order valence-corrected chi connectivity index (χ0v) is 25.9. The number of fused-ring (bicyclic) bond motifs is 3. The molecule has 1 aliphatic carbocycles. The number of ether oxygens (including phenoxy) is 1. The lowest BCUT2D eigenvalue weighted by Crippen LogP contribution is -2.29. The molecule has 3 atom stereocenters. The van der Waals surface area contributed by atoms with Crippen LogP contribution in [0, 0.1) is 19.8 Å². The van der Waals surface area contributed by atoms with Crippen molar-refractivity contribution in [2.75, 3.05) is 12.4 Å². The van der Waals surface area contributed by atoms with Crippen molar-refractivity contribution in [2.24, 2.45) is 10.9 Å². The van der Waals surface area contributed by atoms with Gasteiger partial charge in [-0.25, -0.2) is 0 Å². The van der Waals surface area contributed by atoms with Crippen LogP contribution in [0.15, 0.2) is 105 Å². The Bertz CT molecular complexity index is 1800. The minimum absolute atomic E-state index is 0.0681. The minimum Gasteiger partial charge on any atom is -0.493 e. The Morgan fingerprint density at radius 3 is 2.43 bits per heavy atom. The molecule has 0 saturated carbocycles. The zero-order chi connectivity index (χ0) is 29.4. The molecular weight excluding hydrogens is 612 g/mol. The normalized spacial score (nSPS) is 19.3. The Morgan fingerprint density at radius 2 is 1.69 bits per heavy atom. The zero-order valence-electron chi connectivity index (χ0n) is 23.5. The van der Waals surface area contributed by atoms with Crippen molar-refractivity contribution < 1.29 is 17.3 Å². The smallest absolute Gasteiger partial charge is 0.339 e. The molecule has 8 heteroatoms. The van der Waals surface area contributed by atoms with Gasteiger partial charge in [0.25, 0.3) is 0 Å². The van der Waals surface area contributed by atoms with E-state index in [-0.39, 0.29) is 22.4 Å². The standard InChI is InChI=1S/C34H31BrN2O4S/c1-21-7-14-26(15-8-21)42(38,39)41-34-30(35)18-23(19-32(34)40-3)20-36-25-12-10-24(11-13-25)33-28-6-4-5-27(28)29-17-22(2)9-16-31(29)37-33/h4-5,7-20,27-28,33,37H,6H2,1-3H3/t27-,28+,33+/m1/s1. The van der Waals surface area contributed by atoms with Crippen LogP contribution < -0.4 is 14.2 Å². The van der Waals surface area contributed by atoms with Gasteiger partial charge in [-0.05, 0) is 101 Å². The quantitative estimate of drug-likeness (QED) is 0.124. The summed E-state index contributed by atoms with van der Waals surface area (Å²) in [6.07, 6.45) is 7.43. The molecule has 6 nitrogen and oxygen atoms in total. The molecule has 6 rings (SSSR count). The number of nitrogens with one attached hydrogen (secondary N) is 1. The molecule has 0 fully saturated rings. The second kappa shape index (κ2) is 11.4. The molecule has 0 radical (unpaired) electrons. The molecule has 0 aromatic heterocycles. The number of aryl methyl sites for hydroxylation is 2. The van der Waals surface area contributed by atoms with Gasteiger partial charge >= 0.3 is 10.1 Å². The lowest BCUT2D eigenvalue weighted by molar-refractivity contribution is 0.389. The third kappa shape index (κ3) is 5.61. The van der Waals surface area contributed by atoms with Gasteiger partial charge in [0.1, 0.15) is 4.90 Å². The molecule has 0 amide bonds. The maximum absolute atomic E-state index is 12.9. The Hall–Kier alpha value is -3.88. The number of halogens is 1. The van der Waals surface area contributed by atoms with Gasteiger partial charge in [0.05, 0.1) is 23.3 Å². The van der Waals surface area contributed by atoms with E-state index >= 15 is 0 Å². The first-order chi connectivity index (χ1) is 20.2. The maximum atomic E-state index is 12.9. The van der Waals surface area contributed by atoms with E-state index in [1.807, 2.05) is 19.1 Å². The van der Waals surface area contributed by atoms with Crippen LogP contribution in [0.25, 0.3) is 0 Å². The van der Waals surface area contributed by atoms with Gasteiger partial charge in [-0.2, -0.15) is 8.42 Å². The number of benzene rings is 4. The van der Waals surface area contributed by atoms with Crippen molar-refractivity contribution in [3.63, 3.8) is 0 Å². The van der Waals surface area contributed by atoms with Crippen LogP contribution in [0.3, 0.4) is 0 Å². The van der Waals surface area contributed by atoms with Gasteiger partial charge in [-0.3, -0.25) is 4.99 Å². The predicted molar refractivity (Wildman–Crippen MR) is 171 cm³/mol. The number of hydrogen-bond acceptors (Lipinski definition) is 6. The van der Waals surface area contributed by atoms with E-state index < -0.39 is 10.1 Å². The van der Waals surface area contributed by atoms with Crippen LogP contribution in [0.4, 0.5) is 11.4 Å². The Kier molecular flexibility index (Phi) is 7.68. The molecule has 214 valence electrons.